The molecule has 2 aliphatic heterocycles. The van der Waals surface area contributed by atoms with Crippen LogP contribution < -0.4 is 10.1 Å². The van der Waals surface area contributed by atoms with E-state index in [1.165, 1.54) is 11.4 Å². The molecule has 5 nitrogen and oxygen atoms in total. The average Bonchev–Trinajstić information content (AvgIpc) is 3.42. The Morgan fingerprint density at radius 1 is 1.13 bits per heavy atom. The van der Waals surface area contributed by atoms with Gasteiger partial charge >= 0.3 is 0 Å². The quantitative estimate of drug-likeness (QED) is 0.649. The van der Waals surface area contributed by atoms with Crippen LogP contribution in [0.5, 0.6) is 5.75 Å². The lowest BCUT2D eigenvalue weighted by Crippen LogP contribution is -2.34. The van der Waals surface area contributed by atoms with Gasteiger partial charge in [-0.25, -0.2) is 4.98 Å². The molecule has 0 aliphatic carbocycles. The molecule has 0 saturated carbocycles. The number of imidazole rings is 1. The number of aromatic nitrogens is 2. The smallest absolute Gasteiger partial charge is 0.139 e. The zero-order valence-corrected chi connectivity index (χ0v) is 18.2. The first-order valence-electron chi connectivity index (χ1n) is 11.0. The Bertz CT molecular complexity index is 1000. The van der Waals surface area contributed by atoms with Crippen LogP contribution in [-0.4, -0.2) is 47.7 Å². The molecule has 1 aromatic heterocycles. The lowest BCUT2D eigenvalue weighted by atomic mass is 10.0. The first-order chi connectivity index (χ1) is 14.7. The van der Waals surface area contributed by atoms with Crippen molar-refractivity contribution in [2.24, 2.45) is 0 Å². The maximum absolute atomic E-state index is 6.51. The number of rotatable bonds is 5. The summed E-state index contributed by atoms with van der Waals surface area (Å²) in [6, 6.07) is 15.3. The Hall–Kier alpha value is -2.08. The van der Waals surface area contributed by atoms with Gasteiger partial charge in [0.25, 0.3) is 0 Å². The van der Waals surface area contributed by atoms with Gasteiger partial charge < -0.3 is 14.6 Å². The van der Waals surface area contributed by atoms with Gasteiger partial charge in [0.2, 0.25) is 0 Å². The van der Waals surface area contributed by atoms with Crippen LogP contribution in [0.3, 0.4) is 0 Å². The molecule has 2 aliphatic rings. The van der Waals surface area contributed by atoms with E-state index >= 15 is 0 Å². The van der Waals surface area contributed by atoms with Crippen molar-refractivity contribution in [1.29, 1.82) is 0 Å². The molecule has 6 heteroatoms. The van der Waals surface area contributed by atoms with Gasteiger partial charge in [0.05, 0.1) is 23.2 Å². The van der Waals surface area contributed by atoms with Crippen LogP contribution in [0.1, 0.15) is 42.6 Å². The van der Waals surface area contributed by atoms with Crippen LogP contribution in [0.15, 0.2) is 42.5 Å². The molecule has 3 heterocycles. The molecule has 5 rings (SSSR count). The number of piperidine rings is 1. The van der Waals surface area contributed by atoms with Gasteiger partial charge in [-0.3, -0.25) is 4.90 Å². The number of halogens is 1. The summed E-state index contributed by atoms with van der Waals surface area (Å²) in [4.78, 5) is 7.64. The number of nitrogens with one attached hydrogen (secondary N) is 1. The van der Waals surface area contributed by atoms with Gasteiger partial charge in [-0.1, -0.05) is 41.9 Å². The van der Waals surface area contributed by atoms with Gasteiger partial charge in [-0.15, -0.1) is 0 Å². The molecule has 0 unspecified atom stereocenters. The minimum Gasteiger partial charge on any atom is -0.495 e. The second kappa shape index (κ2) is 8.58. The maximum Gasteiger partial charge on any atom is 0.139 e. The Balaban J connectivity index is 1.43. The Morgan fingerprint density at radius 2 is 1.93 bits per heavy atom. The minimum absolute atomic E-state index is 0.460. The summed E-state index contributed by atoms with van der Waals surface area (Å²) in [6.07, 6.45) is 3.41. The Labute approximate surface area is 183 Å². The van der Waals surface area contributed by atoms with Crippen molar-refractivity contribution < 1.29 is 4.74 Å². The van der Waals surface area contributed by atoms with Crippen LogP contribution in [0.25, 0.3) is 11.0 Å². The molecular weight excluding hydrogens is 396 g/mol. The molecule has 2 fully saturated rings. The highest BCUT2D eigenvalue weighted by Gasteiger charge is 2.29. The van der Waals surface area contributed by atoms with E-state index < -0.39 is 0 Å². The third-order valence-corrected chi connectivity index (χ3v) is 6.88. The van der Waals surface area contributed by atoms with Gasteiger partial charge in [0.1, 0.15) is 11.6 Å². The second-order valence-corrected chi connectivity index (χ2v) is 8.91. The summed E-state index contributed by atoms with van der Waals surface area (Å²) in [7, 11) is 1.66. The molecule has 1 atom stereocenters. The molecule has 1 N–H and O–H groups in total. The van der Waals surface area contributed by atoms with Crippen LogP contribution in [0.4, 0.5) is 0 Å². The highest BCUT2D eigenvalue weighted by atomic mass is 35.5. The standard InChI is InChI=1S/C24H29ClN4O/c1-30-23-14-21-22(13-20(23)25)29(24(27-21)18-7-10-26-15-18)19-8-11-28(12-9-19)16-17-5-3-2-4-6-17/h2-6,13-14,18-19,26H,7-12,15-16H2,1H3/t18-/m1/s1. The number of hydrogen-bond donors (Lipinski definition) is 1. The lowest BCUT2D eigenvalue weighted by Gasteiger charge is -2.34. The van der Waals surface area contributed by atoms with E-state index in [1.54, 1.807) is 7.11 Å². The van der Waals surface area contributed by atoms with E-state index in [1.807, 2.05) is 12.1 Å². The monoisotopic (exact) mass is 424 g/mol. The molecular formula is C24H29ClN4O. The predicted octanol–water partition coefficient (Wildman–Crippen LogP) is 4.61. The minimum atomic E-state index is 0.460. The third-order valence-electron chi connectivity index (χ3n) is 6.59. The van der Waals surface area contributed by atoms with Gasteiger partial charge in [-0.05, 0) is 37.4 Å². The summed E-state index contributed by atoms with van der Waals surface area (Å²) >= 11 is 6.51. The number of ether oxygens (including phenoxy) is 1. The number of benzene rings is 2. The molecule has 30 heavy (non-hydrogen) atoms. The predicted molar refractivity (Wildman–Crippen MR) is 122 cm³/mol. The number of likely N-dealkylation sites (tertiary alicyclic amines) is 1. The van der Waals surface area contributed by atoms with E-state index in [0.29, 0.717) is 22.7 Å². The summed E-state index contributed by atoms with van der Waals surface area (Å²) in [5.74, 6) is 2.37. The fourth-order valence-corrected chi connectivity index (χ4v) is 5.23. The van der Waals surface area contributed by atoms with Crippen LogP contribution in [0.2, 0.25) is 5.02 Å². The third kappa shape index (κ3) is 3.82. The highest BCUT2D eigenvalue weighted by molar-refractivity contribution is 6.32. The maximum atomic E-state index is 6.51. The van der Waals surface area contributed by atoms with Gasteiger partial charge in [0, 0.05) is 44.2 Å². The van der Waals surface area contributed by atoms with E-state index in [4.69, 9.17) is 21.3 Å². The van der Waals surface area contributed by atoms with Crippen LogP contribution in [-0.2, 0) is 6.54 Å². The van der Waals surface area contributed by atoms with Crippen molar-refractivity contribution in [3.63, 3.8) is 0 Å². The van der Waals surface area contributed by atoms with Crippen molar-refractivity contribution in [2.45, 2.75) is 37.8 Å². The SMILES string of the molecule is COc1cc2nc([C@@H]3CCNC3)n(C3CCN(Cc4ccccc4)CC3)c2cc1Cl. The van der Waals surface area contributed by atoms with E-state index in [0.717, 1.165) is 63.0 Å². The van der Waals surface area contributed by atoms with E-state index in [-0.39, 0.29) is 0 Å². The number of fused-ring (bicyclic) bond motifs is 1. The molecule has 2 saturated heterocycles. The average molecular weight is 425 g/mol. The molecule has 0 radical (unpaired) electrons. The summed E-state index contributed by atoms with van der Waals surface area (Å²) in [5, 5.41) is 4.16. The van der Waals surface area contributed by atoms with Crippen molar-refractivity contribution >= 4 is 22.6 Å². The first-order valence-corrected chi connectivity index (χ1v) is 11.3. The Morgan fingerprint density at radius 3 is 2.63 bits per heavy atom. The fraction of sp³-hybridized carbons (Fsp3) is 0.458. The lowest BCUT2D eigenvalue weighted by molar-refractivity contribution is 0.179. The second-order valence-electron chi connectivity index (χ2n) is 8.50. The molecule has 0 spiro atoms. The van der Waals surface area contributed by atoms with Crippen molar-refractivity contribution in [3.05, 3.63) is 58.9 Å². The molecule has 0 amide bonds. The van der Waals surface area contributed by atoms with Gasteiger partial charge in [0.15, 0.2) is 0 Å². The van der Waals surface area contributed by atoms with Crippen molar-refractivity contribution in [3.8, 4) is 5.75 Å². The van der Waals surface area contributed by atoms with Crippen LogP contribution >= 0.6 is 11.6 Å². The summed E-state index contributed by atoms with van der Waals surface area (Å²) < 4.78 is 7.94. The van der Waals surface area contributed by atoms with Crippen LogP contribution in [0, 0.1) is 0 Å². The first kappa shape index (κ1) is 19.9. The zero-order valence-electron chi connectivity index (χ0n) is 17.5. The number of nitrogens with zero attached hydrogens (tertiary/aromatic N) is 3. The number of hydrogen-bond acceptors (Lipinski definition) is 4. The highest BCUT2D eigenvalue weighted by Crippen LogP contribution is 2.37. The summed E-state index contributed by atoms with van der Waals surface area (Å²) in [6.45, 7) is 5.30. The normalized spacial score (nSPS) is 20.8. The Kier molecular flexibility index (Phi) is 5.68. The molecule has 158 valence electrons. The van der Waals surface area contributed by atoms with E-state index in [9.17, 15) is 0 Å². The van der Waals surface area contributed by atoms with Crippen molar-refractivity contribution in [1.82, 2.24) is 19.8 Å². The summed E-state index contributed by atoms with van der Waals surface area (Å²) in [5.41, 5.74) is 3.52. The number of methoxy groups -OCH3 is 1. The fourth-order valence-electron chi connectivity index (χ4n) is 5.00. The largest absolute Gasteiger partial charge is 0.495 e. The molecule has 0 bridgehead atoms. The molecule has 2 aromatic carbocycles. The van der Waals surface area contributed by atoms with Crippen molar-refractivity contribution in [2.75, 3.05) is 33.3 Å². The topological polar surface area (TPSA) is 42.3 Å². The van der Waals surface area contributed by atoms with Gasteiger partial charge in [-0.2, -0.15) is 0 Å². The zero-order chi connectivity index (χ0) is 20.5. The molecule has 3 aromatic rings. The van der Waals surface area contributed by atoms with E-state index in [2.05, 4.69) is 45.1 Å².